The van der Waals surface area contributed by atoms with E-state index >= 15 is 0 Å². The van der Waals surface area contributed by atoms with Crippen LogP contribution in [-0.4, -0.2) is 58.5 Å². The van der Waals surface area contributed by atoms with E-state index in [0.29, 0.717) is 19.0 Å². The molecule has 1 fully saturated rings. The second kappa shape index (κ2) is 7.45. The zero-order valence-corrected chi connectivity index (χ0v) is 15.2. The quantitative estimate of drug-likeness (QED) is 0.885. The Hall–Kier alpha value is -1.40. The Balaban J connectivity index is 1.84. The Labute approximate surface area is 139 Å². The lowest BCUT2D eigenvalue weighted by Gasteiger charge is -2.39. The van der Waals surface area contributed by atoms with Crippen LogP contribution in [0.2, 0.25) is 0 Å². The normalized spacial score (nSPS) is 23.7. The Bertz CT molecular complexity index is 545. The van der Waals surface area contributed by atoms with Crippen LogP contribution in [0.1, 0.15) is 37.7 Å². The van der Waals surface area contributed by atoms with Crippen LogP contribution in [-0.2, 0) is 23.0 Å². The Morgan fingerprint density at radius 1 is 1.35 bits per heavy atom. The highest BCUT2D eigenvalue weighted by molar-refractivity contribution is 5.79. The average Bonchev–Trinajstić information content (AvgIpc) is 2.70. The predicted molar refractivity (Wildman–Crippen MR) is 90.4 cm³/mol. The molecule has 3 unspecified atom stereocenters. The minimum Gasteiger partial charge on any atom is -0.373 e. The number of hydrogen-bond acceptors (Lipinski definition) is 4. The van der Waals surface area contributed by atoms with Gasteiger partial charge in [0.25, 0.3) is 0 Å². The molecule has 23 heavy (non-hydrogen) atoms. The SMILES string of the molecule is Cc1nn(C)c(C)c1CC(=O)NCC(C)N1CC(C)OC(C)C1. The van der Waals surface area contributed by atoms with Gasteiger partial charge in [-0.1, -0.05) is 0 Å². The van der Waals surface area contributed by atoms with Gasteiger partial charge < -0.3 is 10.1 Å². The van der Waals surface area contributed by atoms with E-state index in [2.05, 4.69) is 36.1 Å². The first-order valence-corrected chi connectivity index (χ1v) is 8.43. The smallest absolute Gasteiger partial charge is 0.224 e. The fourth-order valence-electron chi connectivity index (χ4n) is 3.26. The van der Waals surface area contributed by atoms with Crippen molar-refractivity contribution in [2.24, 2.45) is 7.05 Å². The molecule has 0 saturated carbocycles. The highest BCUT2D eigenvalue weighted by Crippen LogP contribution is 2.14. The zero-order valence-electron chi connectivity index (χ0n) is 15.2. The average molecular weight is 322 g/mol. The summed E-state index contributed by atoms with van der Waals surface area (Å²) in [7, 11) is 1.91. The van der Waals surface area contributed by atoms with Crippen LogP contribution in [0.4, 0.5) is 0 Å². The third kappa shape index (κ3) is 4.54. The predicted octanol–water partition coefficient (Wildman–Crippen LogP) is 1.19. The van der Waals surface area contributed by atoms with Crippen LogP contribution >= 0.6 is 0 Å². The van der Waals surface area contributed by atoms with Crippen molar-refractivity contribution in [3.8, 4) is 0 Å². The minimum atomic E-state index is 0.0606. The van der Waals surface area contributed by atoms with Crippen molar-refractivity contribution in [3.63, 3.8) is 0 Å². The minimum absolute atomic E-state index is 0.0606. The molecule has 1 aliphatic heterocycles. The first kappa shape index (κ1) is 17.9. The van der Waals surface area contributed by atoms with Gasteiger partial charge in [-0.15, -0.1) is 0 Å². The molecule has 3 atom stereocenters. The standard InChI is InChI=1S/C17H30N4O2/c1-11(21-9-12(2)23-13(3)10-21)8-18-17(22)7-16-14(4)19-20(6)15(16)5/h11-13H,7-10H2,1-6H3,(H,18,22). The summed E-state index contributed by atoms with van der Waals surface area (Å²) in [4.78, 5) is 14.6. The number of aromatic nitrogens is 2. The monoisotopic (exact) mass is 322 g/mol. The molecule has 6 nitrogen and oxygen atoms in total. The van der Waals surface area contributed by atoms with E-state index in [1.807, 2.05) is 25.6 Å². The zero-order chi connectivity index (χ0) is 17.1. The molecule has 0 aromatic carbocycles. The number of rotatable bonds is 5. The van der Waals surface area contributed by atoms with Crippen molar-refractivity contribution < 1.29 is 9.53 Å². The number of hydrogen-bond donors (Lipinski definition) is 1. The van der Waals surface area contributed by atoms with Gasteiger partial charge in [-0.25, -0.2) is 0 Å². The molecule has 130 valence electrons. The van der Waals surface area contributed by atoms with Crippen molar-refractivity contribution in [2.75, 3.05) is 19.6 Å². The van der Waals surface area contributed by atoms with E-state index in [0.717, 1.165) is 30.0 Å². The van der Waals surface area contributed by atoms with Gasteiger partial charge in [-0.05, 0) is 34.6 Å². The van der Waals surface area contributed by atoms with E-state index in [1.165, 1.54) is 0 Å². The second-order valence-corrected chi connectivity index (χ2v) is 6.81. The van der Waals surface area contributed by atoms with E-state index in [9.17, 15) is 4.79 Å². The highest BCUT2D eigenvalue weighted by Gasteiger charge is 2.25. The van der Waals surface area contributed by atoms with Gasteiger partial charge in [0.1, 0.15) is 0 Å². The van der Waals surface area contributed by atoms with Gasteiger partial charge in [0.15, 0.2) is 0 Å². The lowest BCUT2D eigenvalue weighted by Crippen LogP contribution is -2.52. The summed E-state index contributed by atoms with van der Waals surface area (Å²) in [5, 5.41) is 7.43. The van der Waals surface area contributed by atoms with Crippen molar-refractivity contribution in [1.82, 2.24) is 20.0 Å². The topological polar surface area (TPSA) is 59.4 Å². The molecule has 1 aromatic heterocycles. The number of nitrogens with one attached hydrogen (secondary N) is 1. The van der Waals surface area contributed by atoms with Crippen LogP contribution in [0.15, 0.2) is 0 Å². The third-order valence-electron chi connectivity index (χ3n) is 4.66. The largest absolute Gasteiger partial charge is 0.373 e. The Morgan fingerprint density at radius 3 is 2.48 bits per heavy atom. The van der Waals surface area contributed by atoms with Gasteiger partial charge in [0, 0.05) is 44.0 Å². The molecule has 6 heteroatoms. The van der Waals surface area contributed by atoms with E-state index in [-0.39, 0.29) is 18.1 Å². The van der Waals surface area contributed by atoms with Gasteiger partial charge in [0.05, 0.1) is 24.3 Å². The van der Waals surface area contributed by atoms with Gasteiger partial charge in [0.2, 0.25) is 5.91 Å². The van der Waals surface area contributed by atoms with Crippen LogP contribution in [0.3, 0.4) is 0 Å². The number of nitrogens with zero attached hydrogens (tertiary/aromatic N) is 3. The Morgan fingerprint density at radius 2 is 1.96 bits per heavy atom. The summed E-state index contributed by atoms with van der Waals surface area (Å²) in [5.41, 5.74) is 3.02. The highest BCUT2D eigenvalue weighted by atomic mass is 16.5. The van der Waals surface area contributed by atoms with Crippen molar-refractivity contribution >= 4 is 5.91 Å². The fourth-order valence-corrected chi connectivity index (χ4v) is 3.26. The van der Waals surface area contributed by atoms with E-state index in [4.69, 9.17) is 4.74 Å². The number of aryl methyl sites for hydroxylation is 2. The Kier molecular flexibility index (Phi) is 5.81. The molecule has 2 heterocycles. The summed E-state index contributed by atoms with van der Waals surface area (Å²) >= 11 is 0. The van der Waals surface area contributed by atoms with Gasteiger partial charge >= 0.3 is 0 Å². The maximum atomic E-state index is 12.3. The van der Waals surface area contributed by atoms with Gasteiger partial charge in [-0.3, -0.25) is 14.4 Å². The molecule has 0 radical (unpaired) electrons. The van der Waals surface area contributed by atoms with E-state index < -0.39 is 0 Å². The van der Waals surface area contributed by atoms with Crippen LogP contribution in [0, 0.1) is 13.8 Å². The molecular formula is C17H30N4O2. The summed E-state index contributed by atoms with van der Waals surface area (Å²) in [5.74, 6) is 0.0606. The summed E-state index contributed by atoms with van der Waals surface area (Å²) < 4.78 is 7.59. The number of morpholine rings is 1. The molecule has 0 aliphatic carbocycles. The first-order chi connectivity index (χ1) is 10.8. The molecule has 0 spiro atoms. The number of carbonyl (C=O) groups is 1. The molecule has 2 rings (SSSR count). The molecule has 1 aliphatic rings. The van der Waals surface area contributed by atoms with Crippen molar-refractivity contribution in [3.05, 3.63) is 17.0 Å². The van der Waals surface area contributed by atoms with Gasteiger partial charge in [-0.2, -0.15) is 5.10 Å². The molecule has 1 saturated heterocycles. The number of ether oxygens (including phenoxy) is 1. The summed E-state index contributed by atoms with van der Waals surface area (Å²) in [6.45, 7) is 12.8. The van der Waals surface area contributed by atoms with Crippen molar-refractivity contribution in [2.45, 2.75) is 59.3 Å². The molecule has 0 bridgehead atoms. The van der Waals surface area contributed by atoms with E-state index in [1.54, 1.807) is 0 Å². The summed E-state index contributed by atoms with van der Waals surface area (Å²) in [6.07, 6.45) is 0.893. The van der Waals surface area contributed by atoms with Crippen LogP contribution < -0.4 is 5.32 Å². The van der Waals surface area contributed by atoms with Crippen LogP contribution in [0.25, 0.3) is 0 Å². The molecular weight excluding hydrogens is 292 g/mol. The number of carbonyl (C=O) groups excluding carboxylic acids is 1. The lowest BCUT2D eigenvalue weighted by atomic mass is 10.1. The molecule has 1 amide bonds. The maximum absolute atomic E-state index is 12.3. The second-order valence-electron chi connectivity index (χ2n) is 6.81. The maximum Gasteiger partial charge on any atom is 0.224 e. The third-order valence-corrected chi connectivity index (χ3v) is 4.66. The summed E-state index contributed by atoms with van der Waals surface area (Å²) in [6, 6.07) is 0.309. The number of amides is 1. The lowest BCUT2D eigenvalue weighted by molar-refractivity contribution is -0.121. The first-order valence-electron chi connectivity index (χ1n) is 8.43. The van der Waals surface area contributed by atoms with Crippen LogP contribution in [0.5, 0.6) is 0 Å². The fraction of sp³-hybridized carbons (Fsp3) is 0.765. The molecule has 1 N–H and O–H groups in total. The van der Waals surface area contributed by atoms with Crippen molar-refractivity contribution in [1.29, 1.82) is 0 Å². The molecule has 1 aromatic rings.